The Kier molecular flexibility index (Phi) is 5.85. The maximum atomic E-state index is 5.11. The summed E-state index contributed by atoms with van der Waals surface area (Å²) < 4.78 is 0. The molecule has 0 saturated carbocycles. The maximum Gasteiger partial charge on any atom is 0.138 e. The Morgan fingerprint density at radius 3 is 2.38 bits per heavy atom. The van der Waals surface area contributed by atoms with E-state index >= 15 is 0 Å². The van der Waals surface area contributed by atoms with Gasteiger partial charge < -0.3 is 9.80 Å². The van der Waals surface area contributed by atoms with Crippen molar-refractivity contribution in [3.63, 3.8) is 0 Å². The summed E-state index contributed by atoms with van der Waals surface area (Å²) >= 11 is 0. The van der Waals surface area contributed by atoms with Gasteiger partial charge in [0, 0.05) is 41.8 Å². The van der Waals surface area contributed by atoms with Crippen LogP contribution in [-0.4, -0.2) is 24.1 Å². The molecule has 0 fully saturated rings. The van der Waals surface area contributed by atoms with Crippen molar-refractivity contribution in [1.82, 2.24) is 4.98 Å². The minimum absolute atomic E-state index is 0.660. The molecule has 3 heterocycles. The molecule has 1 aromatic carbocycles. The first-order valence-electron chi connectivity index (χ1n) is 11.7. The lowest BCUT2D eigenvalue weighted by molar-refractivity contribution is 0.451. The third-order valence-corrected chi connectivity index (χ3v) is 6.87. The number of rotatable bonds is 6. The number of hydrogen-bond acceptors (Lipinski definition) is 3. The SMILES string of the molecule is CCCC(CCC)N1CCC2CCN(c3ccc(C)cc3C)c3nc(C)cc1c32. The molecule has 2 aliphatic rings. The summed E-state index contributed by atoms with van der Waals surface area (Å²) in [6.45, 7) is 13.5. The largest absolute Gasteiger partial charge is 0.368 e. The Balaban J connectivity index is 1.81. The van der Waals surface area contributed by atoms with Gasteiger partial charge in [-0.2, -0.15) is 0 Å². The van der Waals surface area contributed by atoms with Gasteiger partial charge in [0.25, 0.3) is 0 Å². The number of anilines is 3. The van der Waals surface area contributed by atoms with E-state index in [1.165, 1.54) is 79.0 Å². The summed E-state index contributed by atoms with van der Waals surface area (Å²) in [6, 6.07) is 9.86. The summed E-state index contributed by atoms with van der Waals surface area (Å²) in [5.41, 5.74) is 8.14. The third-order valence-electron chi connectivity index (χ3n) is 6.87. The number of aromatic nitrogens is 1. The normalized spacial score (nSPS) is 18.3. The van der Waals surface area contributed by atoms with Crippen LogP contribution >= 0.6 is 0 Å². The van der Waals surface area contributed by atoms with Gasteiger partial charge in [0.05, 0.1) is 0 Å². The topological polar surface area (TPSA) is 19.4 Å². The maximum absolute atomic E-state index is 5.11. The summed E-state index contributed by atoms with van der Waals surface area (Å²) in [5.74, 6) is 1.88. The molecule has 29 heavy (non-hydrogen) atoms. The molecule has 3 nitrogen and oxygen atoms in total. The van der Waals surface area contributed by atoms with E-state index in [1.807, 2.05) is 0 Å². The first-order chi connectivity index (χ1) is 14.0. The Bertz CT molecular complexity index is 866. The van der Waals surface area contributed by atoms with Gasteiger partial charge in [0.1, 0.15) is 5.82 Å². The van der Waals surface area contributed by atoms with E-state index in [2.05, 4.69) is 68.7 Å². The highest BCUT2D eigenvalue weighted by molar-refractivity contribution is 5.75. The third kappa shape index (κ3) is 3.76. The van der Waals surface area contributed by atoms with E-state index in [-0.39, 0.29) is 0 Å². The molecule has 0 radical (unpaired) electrons. The molecule has 0 saturated heterocycles. The minimum Gasteiger partial charge on any atom is -0.368 e. The second-order valence-corrected chi connectivity index (χ2v) is 9.16. The molecule has 1 atom stereocenters. The van der Waals surface area contributed by atoms with E-state index in [9.17, 15) is 0 Å². The van der Waals surface area contributed by atoms with Crippen molar-refractivity contribution in [3.8, 4) is 0 Å². The van der Waals surface area contributed by atoms with Crippen molar-refractivity contribution in [2.75, 3.05) is 22.9 Å². The molecular formula is C26H37N3. The summed E-state index contributed by atoms with van der Waals surface area (Å²) in [4.78, 5) is 10.3. The van der Waals surface area contributed by atoms with Gasteiger partial charge in [-0.15, -0.1) is 0 Å². The quantitative estimate of drug-likeness (QED) is 0.539. The number of benzene rings is 1. The van der Waals surface area contributed by atoms with Gasteiger partial charge in [0.2, 0.25) is 0 Å². The van der Waals surface area contributed by atoms with E-state index < -0.39 is 0 Å². The van der Waals surface area contributed by atoms with Crippen LogP contribution < -0.4 is 9.80 Å². The average molecular weight is 392 g/mol. The minimum atomic E-state index is 0.660. The van der Waals surface area contributed by atoms with Crippen molar-refractivity contribution in [2.45, 2.75) is 85.1 Å². The molecule has 2 aromatic rings. The first-order valence-corrected chi connectivity index (χ1v) is 11.7. The fraction of sp³-hybridized carbons (Fsp3) is 0.577. The molecule has 0 N–H and O–H groups in total. The summed E-state index contributed by atoms with van der Waals surface area (Å²) in [6.07, 6.45) is 7.59. The lowest BCUT2D eigenvalue weighted by Crippen LogP contribution is -2.42. The van der Waals surface area contributed by atoms with Crippen LogP contribution in [0.4, 0.5) is 17.2 Å². The molecule has 3 heteroatoms. The molecule has 0 spiro atoms. The van der Waals surface area contributed by atoms with Gasteiger partial charge in [-0.05, 0) is 70.1 Å². The molecule has 0 aliphatic carbocycles. The fourth-order valence-electron chi connectivity index (χ4n) is 5.57. The molecule has 156 valence electrons. The number of pyridine rings is 1. The highest BCUT2D eigenvalue weighted by atomic mass is 15.2. The summed E-state index contributed by atoms with van der Waals surface area (Å²) in [5, 5.41) is 0. The van der Waals surface area contributed by atoms with Gasteiger partial charge in [-0.3, -0.25) is 0 Å². The molecule has 1 aromatic heterocycles. The smallest absolute Gasteiger partial charge is 0.138 e. The van der Waals surface area contributed by atoms with Gasteiger partial charge in [-0.1, -0.05) is 44.4 Å². The number of nitrogens with zero attached hydrogens (tertiary/aromatic N) is 3. The molecule has 0 bridgehead atoms. The van der Waals surface area contributed by atoms with Crippen molar-refractivity contribution in [3.05, 3.63) is 46.6 Å². The lowest BCUT2D eigenvalue weighted by Gasteiger charge is -2.45. The van der Waals surface area contributed by atoms with Crippen LogP contribution in [-0.2, 0) is 0 Å². The van der Waals surface area contributed by atoms with E-state index in [4.69, 9.17) is 4.98 Å². The van der Waals surface area contributed by atoms with E-state index in [0.29, 0.717) is 12.0 Å². The van der Waals surface area contributed by atoms with Gasteiger partial charge >= 0.3 is 0 Å². The predicted molar refractivity (Wildman–Crippen MR) is 125 cm³/mol. The zero-order valence-electron chi connectivity index (χ0n) is 19.0. The van der Waals surface area contributed by atoms with Crippen LogP contribution in [0.2, 0.25) is 0 Å². The van der Waals surface area contributed by atoms with E-state index in [0.717, 1.165) is 12.2 Å². The van der Waals surface area contributed by atoms with Crippen LogP contribution in [0.15, 0.2) is 24.3 Å². The Hall–Kier alpha value is -2.03. The number of aryl methyl sites for hydroxylation is 3. The van der Waals surface area contributed by atoms with Gasteiger partial charge in [-0.25, -0.2) is 4.98 Å². The van der Waals surface area contributed by atoms with Gasteiger partial charge in [0.15, 0.2) is 0 Å². The van der Waals surface area contributed by atoms with Crippen LogP contribution in [0, 0.1) is 20.8 Å². The van der Waals surface area contributed by atoms with Crippen molar-refractivity contribution in [2.24, 2.45) is 0 Å². The standard InChI is InChI=1S/C26H37N3/c1-6-8-22(9-7-2)28-14-12-21-13-15-29(23-11-10-18(3)16-19(23)4)26-25(21)24(28)17-20(5)27-26/h10-11,16-17,21-22H,6-9,12-15H2,1-5H3. The second-order valence-electron chi connectivity index (χ2n) is 9.16. The van der Waals surface area contributed by atoms with E-state index in [1.54, 1.807) is 0 Å². The Morgan fingerprint density at radius 1 is 0.966 bits per heavy atom. The first kappa shape index (κ1) is 20.3. The zero-order chi connectivity index (χ0) is 20.5. The van der Waals surface area contributed by atoms with Crippen molar-refractivity contribution < 1.29 is 0 Å². The van der Waals surface area contributed by atoms with Crippen LogP contribution in [0.25, 0.3) is 0 Å². The van der Waals surface area contributed by atoms with Crippen LogP contribution in [0.5, 0.6) is 0 Å². The average Bonchev–Trinajstić information content (AvgIpc) is 2.69. The van der Waals surface area contributed by atoms with Crippen LogP contribution in [0.3, 0.4) is 0 Å². The monoisotopic (exact) mass is 391 g/mol. The highest BCUT2D eigenvalue weighted by Crippen LogP contribution is 2.49. The van der Waals surface area contributed by atoms with Crippen molar-refractivity contribution >= 4 is 17.2 Å². The number of hydrogen-bond donors (Lipinski definition) is 0. The molecule has 1 unspecified atom stereocenters. The molecule has 4 rings (SSSR count). The second kappa shape index (κ2) is 8.38. The van der Waals surface area contributed by atoms with Crippen molar-refractivity contribution in [1.29, 1.82) is 0 Å². The predicted octanol–water partition coefficient (Wildman–Crippen LogP) is 6.81. The highest BCUT2D eigenvalue weighted by Gasteiger charge is 2.36. The molecule has 0 amide bonds. The van der Waals surface area contributed by atoms with Crippen LogP contribution in [0.1, 0.15) is 80.7 Å². The molecule has 2 aliphatic heterocycles. The Morgan fingerprint density at radius 2 is 1.69 bits per heavy atom. The lowest BCUT2D eigenvalue weighted by atomic mass is 9.83. The Labute approximate surface area is 177 Å². The molecular weight excluding hydrogens is 354 g/mol. The zero-order valence-corrected chi connectivity index (χ0v) is 19.0. The fourth-order valence-corrected chi connectivity index (χ4v) is 5.57. The summed E-state index contributed by atoms with van der Waals surface area (Å²) in [7, 11) is 0.